The van der Waals surface area contributed by atoms with E-state index in [0.29, 0.717) is 0 Å². The second-order valence-electron chi connectivity index (χ2n) is 3.89. The second kappa shape index (κ2) is 3.83. The maximum Gasteiger partial charge on any atom is 0.189 e. The van der Waals surface area contributed by atoms with E-state index in [4.69, 9.17) is 5.11 Å². The number of phenolic OH excluding ortho intramolecular Hbond substituents is 1. The summed E-state index contributed by atoms with van der Waals surface area (Å²) >= 11 is 0. The molecule has 0 bridgehead atoms. The van der Waals surface area contributed by atoms with Crippen molar-refractivity contribution in [3.8, 4) is 5.75 Å². The Hall–Kier alpha value is -1.07. The summed E-state index contributed by atoms with van der Waals surface area (Å²) in [6.45, 7) is 2.33. The molecular weight excluding hydrogens is 216 g/mol. The Morgan fingerprint density at radius 2 is 1.80 bits per heavy atom. The number of para-hydroxylation sites is 1. The lowest BCUT2D eigenvalue weighted by Gasteiger charge is -2.22. The van der Waals surface area contributed by atoms with Gasteiger partial charge in [-0.25, -0.2) is 8.42 Å². The van der Waals surface area contributed by atoms with E-state index >= 15 is 0 Å². The summed E-state index contributed by atoms with van der Waals surface area (Å²) in [6, 6.07) is 5.70. The van der Waals surface area contributed by atoms with Gasteiger partial charge in [0.1, 0.15) is 10.6 Å². The standard InChI is InChI=1S/C10H14O4S/c1-10(2,7-11)15(13,14)9-6-4-3-5-8(9)12/h3-6,11-12H,7H2,1-2H3. The fourth-order valence-electron chi connectivity index (χ4n) is 1.07. The maximum absolute atomic E-state index is 12.0. The van der Waals surface area contributed by atoms with Crippen LogP contribution in [-0.2, 0) is 9.84 Å². The van der Waals surface area contributed by atoms with Crippen molar-refractivity contribution in [3.63, 3.8) is 0 Å². The summed E-state index contributed by atoms with van der Waals surface area (Å²) in [5, 5.41) is 18.5. The molecule has 4 nitrogen and oxygen atoms in total. The summed E-state index contributed by atoms with van der Waals surface area (Å²) in [6.07, 6.45) is 0. The van der Waals surface area contributed by atoms with Gasteiger partial charge in [0.15, 0.2) is 9.84 Å². The van der Waals surface area contributed by atoms with Crippen molar-refractivity contribution in [2.75, 3.05) is 6.61 Å². The van der Waals surface area contributed by atoms with E-state index in [1.807, 2.05) is 0 Å². The zero-order valence-corrected chi connectivity index (χ0v) is 9.45. The Morgan fingerprint density at radius 3 is 2.27 bits per heavy atom. The van der Waals surface area contributed by atoms with E-state index in [1.54, 1.807) is 6.07 Å². The summed E-state index contributed by atoms with van der Waals surface area (Å²) in [5.41, 5.74) is 0. The molecule has 0 amide bonds. The van der Waals surface area contributed by atoms with Gasteiger partial charge in [0.2, 0.25) is 0 Å². The molecule has 0 atom stereocenters. The fraction of sp³-hybridized carbons (Fsp3) is 0.400. The highest BCUT2D eigenvalue weighted by Gasteiger charge is 2.36. The monoisotopic (exact) mass is 230 g/mol. The van der Waals surface area contributed by atoms with Crippen LogP contribution in [0.25, 0.3) is 0 Å². The SMILES string of the molecule is CC(C)(CO)S(=O)(=O)c1ccccc1O. The van der Waals surface area contributed by atoms with Gasteiger partial charge >= 0.3 is 0 Å². The zero-order chi connectivity index (χ0) is 11.7. The molecule has 5 heteroatoms. The van der Waals surface area contributed by atoms with Crippen molar-refractivity contribution >= 4 is 9.84 Å². The molecule has 0 fully saturated rings. The molecule has 1 rings (SSSR count). The normalized spacial score (nSPS) is 12.7. The van der Waals surface area contributed by atoms with Crippen molar-refractivity contribution in [1.82, 2.24) is 0 Å². The summed E-state index contributed by atoms with van der Waals surface area (Å²) in [5.74, 6) is -0.293. The number of aliphatic hydroxyl groups excluding tert-OH is 1. The van der Waals surface area contributed by atoms with Crippen LogP contribution >= 0.6 is 0 Å². The predicted octanol–water partition coefficient (Wildman–Crippen LogP) is 0.937. The average Bonchev–Trinajstić information content (AvgIpc) is 2.18. The third kappa shape index (κ3) is 1.98. The number of benzene rings is 1. The molecule has 84 valence electrons. The molecule has 2 N–H and O–H groups in total. The van der Waals surface area contributed by atoms with Crippen molar-refractivity contribution < 1.29 is 18.6 Å². The molecule has 0 radical (unpaired) electrons. The smallest absolute Gasteiger partial charge is 0.189 e. The molecule has 1 aromatic rings. The third-order valence-corrected chi connectivity index (χ3v) is 4.77. The van der Waals surface area contributed by atoms with Crippen molar-refractivity contribution in [2.24, 2.45) is 0 Å². The highest BCUT2D eigenvalue weighted by Crippen LogP contribution is 2.30. The van der Waals surface area contributed by atoms with E-state index in [0.717, 1.165) is 0 Å². The van der Waals surface area contributed by atoms with E-state index in [2.05, 4.69) is 0 Å². The van der Waals surface area contributed by atoms with E-state index in [9.17, 15) is 13.5 Å². The molecule has 15 heavy (non-hydrogen) atoms. The molecule has 0 saturated heterocycles. The minimum absolute atomic E-state index is 0.149. The lowest BCUT2D eigenvalue weighted by Crippen LogP contribution is -2.35. The average molecular weight is 230 g/mol. The van der Waals surface area contributed by atoms with Gasteiger partial charge in [0, 0.05) is 0 Å². The van der Waals surface area contributed by atoms with Gasteiger partial charge in [-0.2, -0.15) is 0 Å². The summed E-state index contributed by atoms with van der Waals surface area (Å²) in [7, 11) is -3.72. The van der Waals surface area contributed by atoms with Crippen LogP contribution in [-0.4, -0.2) is 30.0 Å². The Bertz CT molecular complexity index is 448. The quantitative estimate of drug-likeness (QED) is 0.810. The molecule has 0 aromatic heterocycles. The zero-order valence-electron chi connectivity index (χ0n) is 8.64. The lowest BCUT2D eigenvalue weighted by atomic mass is 10.2. The van der Waals surface area contributed by atoms with Crippen LogP contribution in [0.1, 0.15) is 13.8 Å². The largest absolute Gasteiger partial charge is 0.507 e. The lowest BCUT2D eigenvalue weighted by molar-refractivity contribution is 0.258. The first-order valence-electron chi connectivity index (χ1n) is 4.46. The predicted molar refractivity (Wildman–Crippen MR) is 56.5 cm³/mol. The van der Waals surface area contributed by atoms with Gasteiger partial charge in [-0.3, -0.25) is 0 Å². The summed E-state index contributed by atoms with van der Waals surface area (Å²) < 4.78 is 22.7. The highest BCUT2D eigenvalue weighted by molar-refractivity contribution is 7.93. The number of sulfone groups is 1. The van der Waals surface area contributed by atoms with Crippen LogP contribution in [0.5, 0.6) is 5.75 Å². The molecule has 0 spiro atoms. The van der Waals surface area contributed by atoms with E-state index in [1.165, 1.54) is 32.0 Å². The first kappa shape index (κ1) is 12.0. The molecule has 0 unspecified atom stereocenters. The number of rotatable bonds is 3. The van der Waals surface area contributed by atoms with Crippen LogP contribution < -0.4 is 0 Å². The van der Waals surface area contributed by atoms with Crippen molar-refractivity contribution in [2.45, 2.75) is 23.5 Å². The van der Waals surface area contributed by atoms with Crippen LogP contribution in [0.3, 0.4) is 0 Å². The van der Waals surface area contributed by atoms with Gasteiger partial charge in [-0.05, 0) is 26.0 Å². The second-order valence-corrected chi connectivity index (χ2v) is 6.44. The molecular formula is C10H14O4S. The van der Waals surface area contributed by atoms with Gasteiger partial charge in [-0.1, -0.05) is 12.1 Å². The highest BCUT2D eigenvalue weighted by atomic mass is 32.2. The number of aromatic hydroxyl groups is 1. The first-order valence-corrected chi connectivity index (χ1v) is 5.95. The van der Waals surface area contributed by atoms with E-state index < -0.39 is 21.2 Å². The van der Waals surface area contributed by atoms with Gasteiger partial charge in [-0.15, -0.1) is 0 Å². The first-order chi connectivity index (χ1) is 6.83. The third-order valence-electron chi connectivity index (χ3n) is 2.26. The van der Waals surface area contributed by atoms with Crippen molar-refractivity contribution in [1.29, 1.82) is 0 Å². The van der Waals surface area contributed by atoms with Gasteiger partial charge < -0.3 is 10.2 Å². The van der Waals surface area contributed by atoms with Crippen LogP contribution in [0.15, 0.2) is 29.2 Å². The van der Waals surface area contributed by atoms with Gasteiger partial charge in [0.05, 0.1) is 11.4 Å². The number of hydrogen-bond acceptors (Lipinski definition) is 4. The fourth-order valence-corrected chi connectivity index (χ4v) is 2.43. The number of phenols is 1. The Labute approximate surface area is 89.1 Å². The van der Waals surface area contributed by atoms with Crippen molar-refractivity contribution in [3.05, 3.63) is 24.3 Å². The molecule has 0 heterocycles. The summed E-state index contributed by atoms with van der Waals surface area (Å²) in [4.78, 5) is -0.149. The minimum Gasteiger partial charge on any atom is -0.507 e. The topological polar surface area (TPSA) is 74.6 Å². The van der Waals surface area contributed by atoms with Crippen LogP contribution in [0.4, 0.5) is 0 Å². The minimum atomic E-state index is -3.72. The molecule has 0 aliphatic carbocycles. The number of hydrogen-bond donors (Lipinski definition) is 2. The molecule has 1 aromatic carbocycles. The Morgan fingerprint density at radius 1 is 1.27 bits per heavy atom. The maximum atomic E-state index is 12.0. The number of aliphatic hydroxyl groups is 1. The molecule has 0 saturated carbocycles. The Balaban J connectivity index is 3.37. The Kier molecular flexibility index (Phi) is 3.06. The molecule has 0 aliphatic heterocycles. The van der Waals surface area contributed by atoms with E-state index in [-0.39, 0.29) is 10.6 Å². The molecule has 0 aliphatic rings. The van der Waals surface area contributed by atoms with Crippen LogP contribution in [0, 0.1) is 0 Å². The van der Waals surface area contributed by atoms with Crippen LogP contribution in [0.2, 0.25) is 0 Å². The van der Waals surface area contributed by atoms with Gasteiger partial charge in [0.25, 0.3) is 0 Å².